The maximum Gasteiger partial charge on any atom is 0.356 e. The molecule has 29 heavy (non-hydrogen) atoms. The molecule has 0 fully saturated rings. The van der Waals surface area contributed by atoms with Crippen LogP contribution in [0.5, 0.6) is 0 Å². The molecule has 2 aromatic carbocycles. The quantitative estimate of drug-likeness (QED) is 0.696. The Bertz CT molecular complexity index is 1070. The van der Waals surface area contributed by atoms with Gasteiger partial charge in [0.15, 0.2) is 5.69 Å². The Hall–Kier alpha value is -3.41. The van der Waals surface area contributed by atoms with Gasteiger partial charge in [-0.2, -0.15) is 5.10 Å². The summed E-state index contributed by atoms with van der Waals surface area (Å²) in [5, 5.41) is 7.32. The van der Waals surface area contributed by atoms with Crippen molar-refractivity contribution >= 4 is 11.9 Å². The first-order valence-corrected chi connectivity index (χ1v) is 9.65. The van der Waals surface area contributed by atoms with E-state index >= 15 is 0 Å². The zero-order chi connectivity index (χ0) is 20.4. The predicted octanol–water partition coefficient (Wildman–Crippen LogP) is 3.16. The predicted molar refractivity (Wildman–Crippen MR) is 110 cm³/mol. The van der Waals surface area contributed by atoms with E-state index in [0.717, 1.165) is 24.8 Å². The molecule has 0 bridgehead atoms. The number of benzene rings is 2. The molecule has 0 unspecified atom stereocenters. The van der Waals surface area contributed by atoms with Crippen molar-refractivity contribution < 1.29 is 14.3 Å². The number of nitrogens with one attached hydrogen (secondary N) is 1. The summed E-state index contributed by atoms with van der Waals surface area (Å²) < 4.78 is 6.34. The largest absolute Gasteiger partial charge is 0.464 e. The number of ether oxygens (including phenoxy) is 1. The van der Waals surface area contributed by atoms with E-state index in [4.69, 9.17) is 4.74 Å². The van der Waals surface area contributed by atoms with Gasteiger partial charge in [0.05, 0.1) is 13.3 Å². The maximum absolute atomic E-state index is 12.9. The summed E-state index contributed by atoms with van der Waals surface area (Å²) in [4.78, 5) is 25.0. The molecule has 6 heteroatoms. The fourth-order valence-electron chi connectivity index (χ4n) is 3.91. The summed E-state index contributed by atoms with van der Waals surface area (Å²) >= 11 is 0. The van der Waals surface area contributed by atoms with Crippen molar-refractivity contribution in [3.05, 3.63) is 77.1 Å². The number of rotatable bonds is 4. The Morgan fingerprint density at radius 1 is 1.14 bits per heavy atom. The molecule has 6 nitrogen and oxygen atoms in total. The fraction of sp³-hybridized carbons (Fsp3) is 0.261. The molecule has 1 atom stereocenters. The van der Waals surface area contributed by atoms with E-state index in [9.17, 15) is 9.59 Å². The van der Waals surface area contributed by atoms with Crippen molar-refractivity contribution in [1.29, 1.82) is 0 Å². The Morgan fingerprint density at radius 2 is 1.93 bits per heavy atom. The van der Waals surface area contributed by atoms with Gasteiger partial charge in [-0.25, -0.2) is 4.79 Å². The Morgan fingerprint density at radius 3 is 2.72 bits per heavy atom. The van der Waals surface area contributed by atoms with E-state index in [1.807, 2.05) is 18.2 Å². The topological polar surface area (TPSA) is 73.2 Å². The van der Waals surface area contributed by atoms with Crippen LogP contribution in [-0.2, 0) is 24.6 Å². The van der Waals surface area contributed by atoms with Crippen LogP contribution in [-0.4, -0.2) is 34.8 Å². The van der Waals surface area contributed by atoms with Gasteiger partial charge >= 0.3 is 5.97 Å². The molecule has 3 aromatic rings. The Kier molecular flexibility index (Phi) is 5.16. The van der Waals surface area contributed by atoms with Gasteiger partial charge in [-0.1, -0.05) is 36.4 Å². The minimum absolute atomic E-state index is 0.111. The second kappa shape index (κ2) is 7.91. The molecule has 1 heterocycles. The van der Waals surface area contributed by atoms with Gasteiger partial charge in [0.1, 0.15) is 0 Å². The molecule has 1 aliphatic rings. The van der Waals surface area contributed by atoms with Crippen molar-refractivity contribution in [3.63, 3.8) is 0 Å². The molecule has 0 saturated heterocycles. The lowest BCUT2D eigenvalue weighted by Gasteiger charge is -2.25. The average Bonchev–Trinajstić information content (AvgIpc) is 3.14. The fourth-order valence-corrected chi connectivity index (χ4v) is 3.91. The molecular weight excluding hydrogens is 366 g/mol. The summed E-state index contributed by atoms with van der Waals surface area (Å²) in [5.41, 5.74) is 4.97. The highest BCUT2D eigenvalue weighted by molar-refractivity contribution is 5.98. The van der Waals surface area contributed by atoms with Gasteiger partial charge in [-0.05, 0) is 48.1 Å². The van der Waals surface area contributed by atoms with Crippen molar-refractivity contribution in [2.45, 2.75) is 25.3 Å². The second-order valence-electron chi connectivity index (χ2n) is 7.28. The molecule has 1 N–H and O–H groups in total. The second-order valence-corrected chi connectivity index (χ2v) is 7.28. The van der Waals surface area contributed by atoms with Crippen LogP contribution < -0.4 is 5.32 Å². The summed E-state index contributed by atoms with van der Waals surface area (Å²) in [6.45, 7) is 0. The molecule has 1 aliphatic carbocycles. The van der Waals surface area contributed by atoms with Crippen LogP contribution in [0.3, 0.4) is 0 Å². The summed E-state index contributed by atoms with van der Waals surface area (Å²) in [5.74, 6) is -0.574. The van der Waals surface area contributed by atoms with E-state index in [0.29, 0.717) is 16.8 Å². The van der Waals surface area contributed by atoms with Gasteiger partial charge in [0, 0.05) is 24.2 Å². The minimum Gasteiger partial charge on any atom is -0.464 e. The molecule has 1 amide bonds. The highest BCUT2D eigenvalue weighted by Gasteiger charge is 2.22. The van der Waals surface area contributed by atoms with Crippen molar-refractivity contribution in [3.8, 4) is 11.1 Å². The van der Waals surface area contributed by atoms with E-state index < -0.39 is 5.97 Å². The van der Waals surface area contributed by atoms with Crippen LogP contribution in [0.15, 0.2) is 54.7 Å². The number of nitrogens with zero attached hydrogens (tertiary/aromatic N) is 2. The standard InChI is InChI=1S/C23H23N3O3/c1-26-21(23(28)29-2)20(14-24-26)17-8-5-9-18(12-17)22(27)25-19-11-10-15-6-3-4-7-16(15)13-19/h3-9,12,14,19H,10-11,13H2,1-2H3,(H,25,27)/t19-/m1/s1. The molecule has 0 saturated carbocycles. The van der Waals surface area contributed by atoms with Gasteiger partial charge in [-0.3, -0.25) is 9.48 Å². The maximum atomic E-state index is 12.9. The number of hydrogen-bond acceptors (Lipinski definition) is 4. The van der Waals surface area contributed by atoms with Crippen LogP contribution in [0.25, 0.3) is 11.1 Å². The van der Waals surface area contributed by atoms with Gasteiger partial charge < -0.3 is 10.1 Å². The van der Waals surface area contributed by atoms with E-state index in [2.05, 4.69) is 28.6 Å². The monoisotopic (exact) mass is 389 g/mol. The van der Waals surface area contributed by atoms with Crippen LogP contribution in [0, 0.1) is 0 Å². The molecule has 0 radical (unpaired) electrons. The lowest BCUT2D eigenvalue weighted by molar-refractivity contribution is 0.0589. The summed E-state index contributed by atoms with van der Waals surface area (Å²) in [7, 11) is 3.03. The zero-order valence-electron chi connectivity index (χ0n) is 16.5. The highest BCUT2D eigenvalue weighted by Crippen LogP contribution is 2.25. The van der Waals surface area contributed by atoms with Gasteiger partial charge in [0.25, 0.3) is 5.91 Å². The van der Waals surface area contributed by atoms with Crippen LogP contribution in [0.4, 0.5) is 0 Å². The van der Waals surface area contributed by atoms with Crippen LogP contribution in [0.1, 0.15) is 38.4 Å². The summed E-state index contributed by atoms with van der Waals surface area (Å²) in [6, 6.07) is 15.7. The third-order valence-corrected chi connectivity index (χ3v) is 5.44. The number of carbonyl (C=O) groups is 2. The van der Waals surface area contributed by atoms with Crippen molar-refractivity contribution in [2.75, 3.05) is 7.11 Å². The average molecular weight is 389 g/mol. The zero-order valence-corrected chi connectivity index (χ0v) is 16.5. The minimum atomic E-state index is -0.462. The number of carbonyl (C=O) groups excluding carboxylic acids is 2. The summed E-state index contributed by atoms with van der Waals surface area (Å²) in [6.07, 6.45) is 4.36. The van der Waals surface area contributed by atoms with Gasteiger partial charge in [0.2, 0.25) is 0 Å². The van der Waals surface area contributed by atoms with Gasteiger partial charge in [-0.15, -0.1) is 0 Å². The molecule has 4 rings (SSSR count). The molecule has 0 aliphatic heterocycles. The lowest BCUT2D eigenvalue weighted by atomic mass is 9.88. The SMILES string of the molecule is COC(=O)c1c(-c2cccc(C(=O)N[C@@H]3CCc4ccccc4C3)c2)cnn1C. The normalized spacial score (nSPS) is 15.4. The molecule has 148 valence electrons. The number of esters is 1. The number of aryl methyl sites for hydroxylation is 2. The first-order chi connectivity index (χ1) is 14.1. The van der Waals surface area contributed by atoms with E-state index in [-0.39, 0.29) is 11.9 Å². The molecule has 0 spiro atoms. The smallest absolute Gasteiger partial charge is 0.356 e. The van der Waals surface area contributed by atoms with E-state index in [1.54, 1.807) is 25.4 Å². The van der Waals surface area contributed by atoms with Crippen LogP contribution in [0.2, 0.25) is 0 Å². The van der Waals surface area contributed by atoms with Crippen molar-refractivity contribution in [2.24, 2.45) is 7.05 Å². The molecule has 1 aromatic heterocycles. The number of fused-ring (bicyclic) bond motifs is 1. The first kappa shape index (κ1) is 18.9. The number of amides is 1. The third-order valence-electron chi connectivity index (χ3n) is 5.44. The van der Waals surface area contributed by atoms with Crippen LogP contribution >= 0.6 is 0 Å². The highest BCUT2D eigenvalue weighted by atomic mass is 16.5. The van der Waals surface area contributed by atoms with Crippen molar-refractivity contribution in [1.82, 2.24) is 15.1 Å². The Labute approximate surface area is 169 Å². The number of aromatic nitrogens is 2. The first-order valence-electron chi connectivity index (χ1n) is 9.65. The van der Waals surface area contributed by atoms with E-state index in [1.165, 1.54) is 22.9 Å². The number of methoxy groups -OCH3 is 1. The molecular formula is C23H23N3O3. The lowest BCUT2D eigenvalue weighted by Crippen LogP contribution is -2.38. The third kappa shape index (κ3) is 3.78. The Balaban J connectivity index is 1.54. The number of hydrogen-bond donors (Lipinski definition) is 1.